The van der Waals surface area contributed by atoms with Crippen molar-refractivity contribution in [1.82, 2.24) is 14.8 Å². The molecular weight excluding hydrogens is 314 g/mol. The van der Waals surface area contributed by atoms with Gasteiger partial charge in [-0.3, -0.25) is 9.89 Å². The number of nitrogens with zero attached hydrogens (tertiary/aromatic N) is 2. The fourth-order valence-corrected chi connectivity index (χ4v) is 2.97. The van der Waals surface area contributed by atoms with E-state index in [9.17, 15) is 9.90 Å². The molecule has 0 spiro atoms. The molecule has 2 aromatic carbocycles. The highest BCUT2D eigenvalue weighted by Gasteiger charge is 2.05. The van der Waals surface area contributed by atoms with Gasteiger partial charge >= 0.3 is 0 Å². The van der Waals surface area contributed by atoms with Gasteiger partial charge in [0.2, 0.25) is 0 Å². The number of aromatic nitrogens is 3. The second-order valence-corrected chi connectivity index (χ2v) is 6.03. The van der Waals surface area contributed by atoms with Gasteiger partial charge in [0.25, 0.3) is 5.56 Å². The minimum atomic E-state index is -0.0548. The minimum absolute atomic E-state index is 0.00697. The molecule has 25 heavy (non-hydrogen) atoms. The number of hydrogen-bond donors (Lipinski definition) is 2. The van der Waals surface area contributed by atoms with Crippen LogP contribution in [0.3, 0.4) is 0 Å². The standard InChI is InChI=1S/C20H17N3O2/c24-13-15-3-1-2-14(8-15)11-23-12-18(6-7-20(23)25)16-4-5-17-10-21-22-19(17)9-16/h1-10,12,24H,11,13H2,(H,21,22). The number of aliphatic hydroxyl groups is 1. The first-order valence-corrected chi connectivity index (χ1v) is 8.05. The number of aromatic amines is 1. The normalized spacial score (nSPS) is 11.1. The Morgan fingerprint density at radius 3 is 2.72 bits per heavy atom. The summed E-state index contributed by atoms with van der Waals surface area (Å²) in [5.74, 6) is 0. The molecule has 5 heteroatoms. The van der Waals surface area contributed by atoms with Crippen LogP contribution in [-0.2, 0) is 13.2 Å². The van der Waals surface area contributed by atoms with Gasteiger partial charge in [-0.1, -0.05) is 36.4 Å². The monoisotopic (exact) mass is 331 g/mol. The lowest BCUT2D eigenvalue weighted by molar-refractivity contribution is 0.281. The Bertz CT molecular complexity index is 1100. The van der Waals surface area contributed by atoms with Crippen molar-refractivity contribution >= 4 is 10.9 Å². The maximum Gasteiger partial charge on any atom is 0.250 e. The summed E-state index contributed by atoms with van der Waals surface area (Å²) in [6.07, 6.45) is 3.65. The number of aliphatic hydroxyl groups excluding tert-OH is 1. The van der Waals surface area contributed by atoms with Crippen LogP contribution < -0.4 is 5.56 Å². The summed E-state index contributed by atoms with van der Waals surface area (Å²) in [5.41, 5.74) is 4.72. The zero-order valence-electron chi connectivity index (χ0n) is 13.5. The molecular formula is C20H17N3O2. The van der Waals surface area contributed by atoms with Crippen LogP contribution in [0.25, 0.3) is 22.0 Å². The summed E-state index contributed by atoms with van der Waals surface area (Å²) in [5, 5.41) is 17.3. The third kappa shape index (κ3) is 3.09. The molecule has 0 radical (unpaired) electrons. The average molecular weight is 331 g/mol. The molecule has 2 N–H and O–H groups in total. The van der Waals surface area contributed by atoms with Crippen LogP contribution in [0.2, 0.25) is 0 Å². The number of H-pyrrole nitrogens is 1. The molecule has 0 aliphatic heterocycles. The minimum Gasteiger partial charge on any atom is -0.392 e. The molecule has 124 valence electrons. The van der Waals surface area contributed by atoms with E-state index in [2.05, 4.69) is 10.2 Å². The molecule has 0 bridgehead atoms. The molecule has 0 unspecified atom stereocenters. The van der Waals surface area contributed by atoms with E-state index in [0.29, 0.717) is 6.54 Å². The van der Waals surface area contributed by atoms with Crippen molar-refractivity contribution in [2.45, 2.75) is 13.2 Å². The topological polar surface area (TPSA) is 70.9 Å². The molecule has 2 heterocycles. The molecule has 0 amide bonds. The predicted molar refractivity (Wildman–Crippen MR) is 97.3 cm³/mol. The predicted octanol–water partition coefficient (Wildman–Crippen LogP) is 2.93. The molecule has 4 rings (SSSR count). The Morgan fingerprint density at radius 2 is 1.84 bits per heavy atom. The SMILES string of the molecule is O=c1ccc(-c2ccc3cn[nH]c3c2)cn1Cc1cccc(CO)c1. The van der Waals surface area contributed by atoms with Crippen molar-refractivity contribution in [3.63, 3.8) is 0 Å². The van der Waals surface area contributed by atoms with E-state index in [0.717, 1.165) is 33.2 Å². The molecule has 0 aliphatic carbocycles. The first kappa shape index (κ1) is 15.4. The number of nitrogens with one attached hydrogen (secondary N) is 1. The number of benzene rings is 2. The summed E-state index contributed by atoms with van der Waals surface area (Å²) in [6.45, 7) is 0.458. The van der Waals surface area contributed by atoms with Crippen molar-refractivity contribution < 1.29 is 5.11 Å². The van der Waals surface area contributed by atoms with Gasteiger partial charge in [0.1, 0.15) is 0 Å². The number of pyridine rings is 1. The van der Waals surface area contributed by atoms with Crippen LogP contribution in [0.15, 0.2) is 71.8 Å². The van der Waals surface area contributed by atoms with Crippen molar-refractivity contribution in [2.75, 3.05) is 0 Å². The lowest BCUT2D eigenvalue weighted by Gasteiger charge is -2.10. The molecule has 0 fully saturated rings. The Balaban J connectivity index is 1.71. The molecule has 0 saturated carbocycles. The highest BCUT2D eigenvalue weighted by molar-refractivity contribution is 5.83. The van der Waals surface area contributed by atoms with Gasteiger partial charge < -0.3 is 9.67 Å². The third-order valence-corrected chi connectivity index (χ3v) is 4.29. The van der Waals surface area contributed by atoms with Gasteiger partial charge in [-0.05, 0) is 34.4 Å². The van der Waals surface area contributed by atoms with E-state index in [1.807, 2.05) is 54.7 Å². The van der Waals surface area contributed by atoms with Crippen LogP contribution in [0.5, 0.6) is 0 Å². The Labute approximate surface area is 144 Å². The van der Waals surface area contributed by atoms with E-state index < -0.39 is 0 Å². The summed E-state index contributed by atoms with van der Waals surface area (Å²) < 4.78 is 1.68. The van der Waals surface area contributed by atoms with Gasteiger partial charge in [-0.15, -0.1) is 0 Å². The Kier molecular flexibility index (Phi) is 3.91. The van der Waals surface area contributed by atoms with E-state index >= 15 is 0 Å². The van der Waals surface area contributed by atoms with Crippen LogP contribution in [0.4, 0.5) is 0 Å². The molecule has 4 aromatic rings. The fraction of sp³-hybridized carbons (Fsp3) is 0.100. The van der Waals surface area contributed by atoms with Gasteiger partial charge in [-0.25, -0.2) is 0 Å². The first-order valence-electron chi connectivity index (χ1n) is 8.05. The van der Waals surface area contributed by atoms with E-state index in [1.54, 1.807) is 16.8 Å². The zero-order chi connectivity index (χ0) is 17.2. The molecule has 0 atom stereocenters. The summed E-state index contributed by atoms with van der Waals surface area (Å²) in [4.78, 5) is 12.2. The van der Waals surface area contributed by atoms with Crippen LogP contribution in [0.1, 0.15) is 11.1 Å². The lowest BCUT2D eigenvalue weighted by Crippen LogP contribution is -2.19. The van der Waals surface area contributed by atoms with Gasteiger partial charge in [-0.2, -0.15) is 5.10 Å². The van der Waals surface area contributed by atoms with Gasteiger partial charge in [0.05, 0.1) is 24.9 Å². The van der Waals surface area contributed by atoms with Crippen LogP contribution >= 0.6 is 0 Å². The second-order valence-electron chi connectivity index (χ2n) is 6.03. The van der Waals surface area contributed by atoms with E-state index in [-0.39, 0.29) is 12.2 Å². The van der Waals surface area contributed by atoms with E-state index in [4.69, 9.17) is 0 Å². The van der Waals surface area contributed by atoms with E-state index in [1.165, 1.54) is 0 Å². The fourth-order valence-electron chi connectivity index (χ4n) is 2.97. The summed E-state index contributed by atoms with van der Waals surface area (Å²) >= 11 is 0. The van der Waals surface area contributed by atoms with Crippen molar-refractivity contribution in [3.8, 4) is 11.1 Å². The van der Waals surface area contributed by atoms with Crippen LogP contribution in [-0.4, -0.2) is 19.9 Å². The van der Waals surface area contributed by atoms with Gasteiger partial charge in [0.15, 0.2) is 0 Å². The second kappa shape index (κ2) is 6.37. The Morgan fingerprint density at radius 1 is 1.00 bits per heavy atom. The first-order chi connectivity index (χ1) is 12.2. The van der Waals surface area contributed by atoms with Crippen molar-refractivity contribution in [3.05, 3.63) is 88.5 Å². The number of rotatable bonds is 4. The van der Waals surface area contributed by atoms with Crippen molar-refractivity contribution in [2.24, 2.45) is 0 Å². The number of hydrogen-bond acceptors (Lipinski definition) is 3. The van der Waals surface area contributed by atoms with Crippen LogP contribution in [0, 0.1) is 0 Å². The molecule has 2 aromatic heterocycles. The quantitative estimate of drug-likeness (QED) is 0.604. The Hall–Kier alpha value is -3.18. The highest BCUT2D eigenvalue weighted by Crippen LogP contribution is 2.22. The third-order valence-electron chi connectivity index (χ3n) is 4.29. The zero-order valence-corrected chi connectivity index (χ0v) is 13.5. The highest BCUT2D eigenvalue weighted by atomic mass is 16.3. The summed E-state index contributed by atoms with van der Waals surface area (Å²) in [7, 11) is 0. The maximum absolute atomic E-state index is 12.2. The smallest absolute Gasteiger partial charge is 0.250 e. The summed E-state index contributed by atoms with van der Waals surface area (Å²) in [6, 6.07) is 17.1. The largest absolute Gasteiger partial charge is 0.392 e. The van der Waals surface area contributed by atoms with Gasteiger partial charge in [0, 0.05) is 17.6 Å². The molecule has 0 saturated heterocycles. The average Bonchev–Trinajstić information content (AvgIpc) is 3.11. The maximum atomic E-state index is 12.2. The number of fused-ring (bicyclic) bond motifs is 1. The van der Waals surface area contributed by atoms with Crippen molar-refractivity contribution in [1.29, 1.82) is 0 Å². The molecule has 0 aliphatic rings. The lowest BCUT2D eigenvalue weighted by atomic mass is 10.1. The molecule has 5 nitrogen and oxygen atoms in total.